The zero-order valence-electron chi connectivity index (χ0n) is 23.5. The Morgan fingerprint density at radius 3 is 2.54 bits per heavy atom. The minimum absolute atomic E-state index is 0.00820. The van der Waals surface area contributed by atoms with Crippen molar-refractivity contribution in [3.05, 3.63) is 93.9 Å². The Balaban J connectivity index is 1.67. The number of rotatable bonds is 10. The Hall–Kier alpha value is -3.48. The fourth-order valence-electron chi connectivity index (χ4n) is 4.43. The van der Waals surface area contributed by atoms with Crippen LogP contribution in [0.4, 0.5) is 17.6 Å². The van der Waals surface area contributed by atoms with Gasteiger partial charge in [0.25, 0.3) is 5.91 Å². The van der Waals surface area contributed by atoms with Gasteiger partial charge >= 0.3 is 6.18 Å². The van der Waals surface area contributed by atoms with Crippen LogP contribution in [0.1, 0.15) is 48.6 Å². The van der Waals surface area contributed by atoms with Crippen molar-refractivity contribution in [1.82, 2.24) is 14.9 Å². The van der Waals surface area contributed by atoms with Gasteiger partial charge in [0.2, 0.25) is 0 Å². The molecule has 0 spiro atoms. The second-order valence-corrected chi connectivity index (χ2v) is 11.9. The van der Waals surface area contributed by atoms with Crippen molar-refractivity contribution in [2.45, 2.75) is 37.0 Å². The molecule has 0 aliphatic carbocycles. The molecule has 2 heterocycles. The smallest absolute Gasteiger partial charge is 0.394 e. The summed E-state index contributed by atoms with van der Waals surface area (Å²) < 4.78 is 95.5. The van der Waals surface area contributed by atoms with E-state index in [0.29, 0.717) is 5.39 Å². The number of pyridine rings is 1. The summed E-state index contributed by atoms with van der Waals surface area (Å²) >= 11 is 5.79. The highest BCUT2D eigenvalue weighted by atomic mass is 35.5. The van der Waals surface area contributed by atoms with Gasteiger partial charge in [0.1, 0.15) is 6.63 Å². The Morgan fingerprint density at radius 1 is 1.17 bits per heavy atom. The van der Waals surface area contributed by atoms with Crippen LogP contribution >= 0.6 is 11.6 Å². The molecule has 0 fully saturated rings. The first-order valence-electron chi connectivity index (χ1n) is 13.3. The summed E-state index contributed by atoms with van der Waals surface area (Å²) in [4.78, 5) is 17.1. The van der Waals surface area contributed by atoms with E-state index in [1.807, 2.05) is 0 Å². The monoisotopic (exact) mass is 613 g/mol. The Bertz CT molecular complexity index is 1760. The molecular formula is C28H26ClF4N3O4S. The van der Waals surface area contributed by atoms with E-state index in [1.165, 1.54) is 60.0 Å². The molecule has 41 heavy (non-hydrogen) atoms. The van der Waals surface area contributed by atoms with Crippen LogP contribution in [0.25, 0.3) is 10.9 Å². The van der Waals surface area contributed by atoms with Gasteiger partial charge in [0.15, 0.2) is 9.84 Å². The number of fused-ring (bicyclic) bond motifs is 1. The van der Waals surface area contributed by atoms with Gasteiger partial charge in [-0.25, -0.2) is 12.8 Å². The molecule has 7 nitrogen and oxygen atoms in total. The summed E-state index contributed by atoms with van der Waals surface area (Å²) in [5.74, 6) is -0.778. The molecule has 4 aromatic rings. The van der Waals surface area contributed by atoms with Crippen LogP contribution in [-0.2, 0) is 29.0 Å². The van der Waals surface area contributed by atoms with Gasteiger partial charge in [0.05, 0.1) is 43.8 Å². The quantitative estimate of drug-likeness (QED) is 0.229. The zero-order valence-corrected chi connectivity index (χ0v) is 23.1. The molecule has 2 aromatic carbocycles. The first-order valence-corrected chi connectivity index (χ1v) is 14.3. The van der Waals surface area contributed by atoms with Crippen molar-refractivity contribution >= 4 is 38.2 Å². The van der Waals surface area contributed by atoms with E-state index in [0.717, 1.165) is 12.3 Å². The van der Waals surface area contributed by atoms with Crippen molar-refractivity contribution < 1.29 is 38.6 Å². The normalized spacial score (nSPS) is 14.0. The number of benzene rings is 2. The maximum atomic E-state index is 14.2. The van der Waals surface area contributed by atoms with E-state index >= 15 is 0 Å². The fraction of sp³-hybridized carbons (Fsp3) is 0.286. The van der Waals surface area contributed by atoms with Crippen molar-refractivity contribution in [3.63, 3.8) is 0 Å². The van der Waals surface area contributed by atoms with E-state index in [9.17, 15) is 35.9 Å². The third-order valence-electron chi connectivity index (χ3n) is 6.56. The number of hydrogen-bond donors (Lipinski definition) is 2. The molecule has 1 amide bonds. The predicted octanol–water partition coefficient (Wildman–Crippen LogP) is 5.53. The highest BCUT2D eigenvalue weighted by Gasteiger charge is 2.33. The van der Waals surface area contributed by atoms with E-state index in [2.05, 4.69) is 10.3 Å². The van der Waals surface area contributed by atoms with Crippen LogP contribution in [0.5, 0.6) is 0 Å². The average molecular weight is 614 g/mol. The van der Waals surface area contributed by atoms with E-state index in [-0.39, 0.29) is 50.1 Å². The van der Waals surface area contributed by atoms with Crippen LogP contribution in [-0.4, -0.2) is 48.0 Å². The van der Waals surface area contributed by atoms with Gasteiger partial charge in [-0.05, 0) is 54.1 Å². The molecule has 0 aliphatic heterocycles. The topological polar surface area (TPSA) is 101 Å². The molecule has 0 aliphatic rings. The minimum Gasteiger partial charge on any atom is -0.394 e. The molecule has 0 saturated carbocycles. The lowest BCUT2D eigenvalue weighted by Crippen LogP contribution is -2.31. The second kappa shape index (κ2) is 12.2. The SMILES string of the molecule is [2H]C([2H])(F)Cn1c(Cc2ccc(Cl)cc2C(F)(F)F)cc2cc(C(=O)N[C@@H](CO)c3ccc(S(=O)(=O)CC)cn3)ccc21. The number of hydrogen-bond acceptors (Lipinski definition) is 5. The maximum Gasteiger partial charge on any atom is 0.416 e. The summed E-state index contributed by atoms with van der Waals surface area (Å²) in [6.45, 7) is -3.08. The van der Waals surface area contributed by atoms with Gasteiger partial charge in [-0.1, -0.05) is 24.6 Å². The summed E-state index contributed by atoms with van der Waals surface area (Å²) in [6, 6.07) is 10.6. The lowest BCUT2D eigenvalue weighted by Gasteiger charge is -2.16. The molecule has 0 saturated heterocycles. The number of aliphatic hydroxyl groups is 1. The molecule has 2 aromatic heterocycles. The number of halogens is 5. The lowest BCUT2D eigenvalue weighted by atomic mass is 10.0. The van der Waals surface area contributed by atoms with Gasteiger partial charge in [-0.3, -0.25) is 9.78 Å². The summed E-state index contributed by atoms with van der Waals surface area (Å²) in [7, 11) is -3.50. The number of alkyl halides is 4. The Morgan fingerprint density at radius 2 is 1.93 bits per heavy atom. The molecule has 2 N–H and O–H groups in total. The number of nitrogens with one attached hydrogen (secondary N) is 1. The predicted molar refractivity (Wildman–Crippen MR) is 146 cm³/mol. The van der Waals surface area contributed by atoms with Crippen LogP contribution < -0.4 is 5.32 Å². The molecule has 13 heteroatoms. The van der Waals surface area contributed by atoms with E-state index in [1.54, 1.807) is 0 Å². The Kier molecular flexibility index (Phi) is 8.22. The molecule has 0 radical (unpaired) electrons. The number of aryl methyl sites for hydroxylation is 1. The number of aliphatic hydroxyl groups excluding tert-OH is 1. The number of carbonyl (C=O) groups excluding carboxylic acids is 1. The maximum absolute atomic E-state index is 14.2. The van der Waals surface area contributed by atoms with Crippen LogP contribution in [0, 0.1) is 0 Å². The third kappa shape index (κ3) is 6.71. The first kappa shape index (κ1) is 27.7. The number of nitrogens with zero attached hydrogens (tertiary/aromatic N) is 2. The van der Waals surface area contributed by atoms with Gasteiger partial charge in [-0.2, -0.15) is 13.2 Å². The van der Waals surface area contributed by atoms with Crippen molar-refractivity contribution in [1.29, 1.82) is 0 Å². The lowest BCUT2D eigenvalue weighted by molar-refractivity contribution is -0.138. The molecule has 0 bridgehead atoms. The van der Waals surface area contributed by atoms with Crippen molar-refractivity contribution in [2.75, 3.05) is 19.0 Å². The third-order valence-corrected chi connectivity index (χ3v) is 8.51. The highest BCUT2D eigenvalue weighted by molar-refractivity contribution is 7.91. The van der Waals surface area contributed by atoms with Crippen molar-refractivity contribution in [3.8, 4) is 0 Å². The molecular weight excluding hydrogens is 586 g/mol. The van der Waals surface area contributed by atoms with E-state index < -0.39 is 53.3 Å². The van der Waals surface area contributed by atoms with Crippen LogP contribution in [0.2, 0.25) is 5.02 Å². The number of sulfone groups is 1. The van der Waals surface area contributed by atoms with Crippen molar-refractivity contribution in [2.24, 2.45) is 0 Å². The molecule has 4 rings (SSSR count). The fourth-order valence-corrected chi connectivity index (χ4v) is 5.42. The number of amides is 1. The van der Waals surface area contributed by atoms with Crippen LogP contribution in [0.15, 0.2) is 65.7 Å². The number of aromatic nitrogens is 2. The highest BCUT2D eigenvalue weighted by Crippen LogP contribution is 2.35. The second-order valence-electron chi connectivity index (χ2n) is 9.14. The summed E-state index contributed by atoms with van der Waals surface area (Å²) in [5.41, 5.74) is -0.400. The van der Waals surface area contributed by atoms with Crippen LogP contribution in [0.3, 0.4) is 0 Å². The van der Waals surface area contributed by atoms with Gasteiger partial charge in [0, 0.05) is 39.8 Å². The van der Waals surface area contributed by atoms with Gasteiger partial charge in [-0.15, -0.1) is 0 Å². The largest absolute Gasteiger partial charge is 0.416 e. The van der Waals surface area contributed by atoms with Gasteiger partial charge < -0.3 is 15.0 Å². The minimum atomic E-state index is -4.72. The number of carbonyl (C=O) groups is 1. The summed E-state index contributed by atoms with van der Waals surface area (Å²) in [5, 5.41) is 12.7. The standard InChI is InChI=1S/C28H26ClF4N3O4S/c1-2-41(39,40)22-6-7-24(34-15-22)25(16-37)35-27(38)18-4-8-26-19(11-18)13-21(36(26)10-9-30)12-17-3-5-20(29)14-23(17)28(31,32)33/h3-8,11,13-15,25,37H,2,9-10,12,16H2,1H3,(H,35,38)/t25-/m0/s1/i9D2. The molecule has 0 unspecified atom stereocenters. The zero-order chi connectivity index (χ0) is 31.7. The average Bonchev–Trinajstić information content (AvgIpc) is 3.26. The first-order chi connectivity index (χ1) is 20.0. The molecule has 1 atom stereocenters. The molecule has 218 valence electrons. The van der Waals surface area contributed by atoms with E-state index in [4.69, 9.17) is 14.3 Å². The summed E-state index contributed by atoms with van der Waals surface area (Å²) in [6.07, 6.45) is -3.92. The Labute approximate surface area is 241 Å².